The Morgan fingerprint density at radius 3 is 2.36 bits per heavy atom. The van der Waals surface area contributed by atoms with Gasteiger partial charge in [0.15, 0.2) is 0 Å². The Labute approximate surface area is 92.1 Å². The highest BCUT2D eigenvalue weighted by Crippen LogP contribution is 2.37. The van der Waals surface area contributed by atoms with Crippen LogP contribution in [0.3, 0.4) is 0 Å². The van der Waals surface area contributed by atoms with Crippen molar-refractivity contribution in [2.45, 2.75) is 38.6 Å². The van der Waals surface area contributed by atoms with Crippen molar-refractivity contribution in [1.82, 2.24) is 0 Å². The van der Waals surface area contributed by atoms with Crippen molar-refractivity contribution in [2.75, 3.05) is 0 Å². The van der Waals surface area contributed by atoms with Crippen molar-refractivity contribution in [2.24, 2.45) is 5.73 Å². The van der Waals surface area contributed by atoms with Gasteiger partial charge in [-0.1, -0.05) is 23.8 Å². The van der Waals surface area contributed by atoms with E-state index in [0.29, 0.717) is 12.0 Å². The molecule has 14 heavy (non-hydrogen) atoms. The average Bonchev–Trinajstić information content (AvgIpc) is 2.07. The van der Waals surface area contributed by atoms with Gasteiger partial charge in [0.2, 0.25) is 0 Å². The van der Waals surface area contributed by atoms with E-state index in [4.69, 9.17) is 5.73 Å². The molecule has 1 aromatic rings. The van der Waals surface area contributed by atoms with Crippen molar-refractivity contribution in [1.29, 1.82) is 0 Å². The molecule has 2 rings (SSSR count). The van der Waals surface area contributed by atoms with Crippen LogP contribution in [0.5, 0.6) is 0 Å². The van der Waals surface area contributed by atoms with E-state index in [1.54, 1.807) is 0 Å². The highest BCUT2D eigenvalue weighted by Gasteiger charge is 2.29. The molecule has 2 N–H and O–H groups in total. The minimum Gasteiger partial charge on any atom is -0.327 e. The molecular weight excluding hydrogens is 194 g/mol. The third-order valence-corrected chi connectivity index (χ3v) is 3.15. The summed E-state index contributed by atoms with van der Waals surface area (Å²) in [4.78, 5) is 0. The molecule has 2 atom stereocenters. The van der Waals surface area contributed by atoms with E-state index in [1.807, 2.05) is 0 Å². The molecule has 2 heteroatoms. The number of benzene rings is 1. The summed E-state index contributed by atoms with van der Waals surface area (Å²) in [5.41, 5.74) is 10.2. The van der Waals surface area contributed by atoms with Gasteiger partial charge in [0.1, 0.15) is 0 Å². The number of hydrogen-bond donors (Lipinski definition) is 1. The Hall–Kier alpha value is -0.530. The van der Waals surface area contributed by atoms with Crippen LogP contribution in [0.25, 0.3) is 0 Å². The third kappa shape index (κ3) is 1.94. The quantitative estimate of drug-likeness (QED) is 0.760. The van der Waals surface area contributed by atoms with E-state index in [1.165, 1.54) is 29.5 Å². The van der Waals surface area contributed by atoms with Gasteiger partial charge in [-0.05, 0) is 43.7 Å². The molecule has 1 nitrogen and oxygen atoms in total. The molecule has 2 unspecified atom stereocenters. The zero-order valence-electron chi connectivity index (χ0n) is 8.79. The lowest BCUT2D eigenvalue weighted by atomic mass is 9.74. The molecule has 0 aromatic heterocycles. The molecule has 0 radical (unpaired) electrons. The van der Waals surface area contributed by atoms with Crippen LogP contribution in [0.4, 0.5) is 0 Å². The summed E-state index contributed by atoms with van der Waals surface area (Å²) in [7, 11) is 0. The lowest BCUT2D eigenvalue weighted by molar-refractivity contribution is 0.345. The SMILES string of the molecule is Cc1ccc(C2CCC2N)c(C)c1.Cl. The molecular formula is C12H18ClN. The summed E-state index contributed by atoms with van der Waals surface area (Å²) >= 11 is 0. The molecule has 1 aromatic carbocycles. The van der Waals surface area contributed by atoms with Gasteiger partial charge in [0.25, 0.3) is 0 Å². The largest absolute Gasteiger partial charge is 0.327 e. The second-order valence-electron chi connectivity index (χ2n) is 4.21. The summed E-state index contributed by atoms with van der Waals surface area (Å²) in [6.45, 7) is 4.32. The zero-order chi connectivity index (χ0) is 9.42. The van der Waals surface area contributed by atoms with Crippen LogP contribution in [0.2, 0.25) is 0 Å². The lowest BCUT2D eigenvalue weighted by Gasteiger charge is -2.35. The van der Waals surface area contributed by atoms with Gasteiger partial charge < -0.3 is 5.73 Å². The molecule has 0 spiro atoms. The van der Waals surface area contributed by atoms with Crippen LogP contribution in [-0.4, -0.2) is 6.04 Å². The number of hydrogen-bond acceptors (Lipinski definition) is 1. The molecule has 1 aliphatic rings. The number of halogens is 1. The van der Waals surface area contributed by atoms with Crippen molar-refractivity contribution >= 4 is 12.4 Å². The molecule has 0 amide bonds. The monoisotopic (exact) mass is 211 g/mol. The highest BCUT2D eigenvalue weighted by molar-refractivity contribution is 5.85. The summed E-state index contributed by atoms with van der Waals surface area (Å²) in [6, 6.07) is 7.09. The van der Waals surface area contributed by atoms with Crippen molar-refractivity contribution < 1.29 is 0 Å². The molecule has 0 aliphatic heterocycles. The fourth-order valence-electron chi connectivity index (χ4n) is 2.15. The maximum Gasteiger partial charge on any atom is 0.0108 e. The molecule has 1 aliphatic carbocycles. The Bertz CT molecular complexity index is 322. The summed E-state index contributed by atoms with van der Waals surface area (Å²) < 4.78 is 0. The van der Waals surface area contributed by atoms with E-state index >= 15 is 0 Å². The molecule has 0 heterocycles. The van der Waals surface area contributed by atoms with E-state index < -0.39 is 0 Å². The van der Waals surface area contributed by atoms with E-state index in [-0.39, 0.29) is 12.4 Å². The van der Waals surface area contributed by atoms with Gasteiger partial charge in [-0.25, -0.2) is 0 Å². The molecule has 0 saturated heterocycles. The van der Waals surface area contributed by atoms with Gasteiger partial charge in [-0.2, -0.15) is 0 Å². The predicted octanol–water partition coefficient (Wildman–Crippen LogP) is 2.93. The maximum atomic E-state index is 5.96. The topological polar surface area (TPSA) is 26.0 Å². The summed E-state index contributed by atoms with van der Waals surface area (Å²) in [5.74, 6) is 0.626. The van der Waals surface area contributed by atoms with Crippen molar-refractivity contribution in [3.05, 3.63) is 34.9 Å². The second kappa shape index (κ2) is 4.33. The molecule has 0 bridgehead atoms. The first kappa shape index (κ1) is 11.5. The van der Waals surface area contributed by atoms with Gasteiger partial charge in [-0.15, -0.1) is 12.4 Å². The minimum atomic E-state index is 0. The Balaban J connectivity index is 0.000000980. The maximum absolute atomic E-state index is 5.96. The van der Waals surface area contributed by atoms with E-state index in [9.17, 15) is 0 Å². The minimum absolute atomic E-state index is 0. The normalized spacial score (nSPS) is 25.1. The number of nitrogens with two attached hydrogens (primary N) is 1. The number of aryl methyl sites for hydroxylation is 2. The third-order valence-electron chi connectivity index (χ3n) is 3.15. The molecule has 1 saturated carbocycles. The van der Waals surface area contributed by atoms with Crippen LogP contribution < -0.4 is 5.73 Å². The Kier molecular flexibility index (Phi) is 3.57. The van der Waals surface area contributed by atoms with Crippen molar-refractivity contribution in [3.8, 4) is 0 Å². The zero-order valence-corrected chi connectivity index (χ0v) is 9.60. The van der Waals surface area contributed by atoms with Crippen LogP contribution in [0.15, 0.2) is 18.2 Å². The summed E-state index contributed by atoms with van der Waals surface area (Å²) in [5, 5.41) is 0. The predicted molar refractivity (Wildman–Crippen MR) is 63.1 cm³/mol. The first-order chi connectivity index (χ1) is 6.18. The number of rotatable bonds is 1. The van der Waals surface area contributed by atoms with Gasteiger partial charge >= 0.3 is 0 Å². The van der Waals surface area contributed by atoms with Gasteiger partial charge in [0, 0.05) is 6.04 Å². The lowest BCUT2D eigenvalue weighted by Crippen LogP contribution is -2.37. The smallest absolute Gasteiger partial charge is 0.0108 e. The van der Waals surface area contributed by atoms with Gasteiger partial charge in [-0.3, -0.25) is 0 Å². The van der Waals surface area contributed by atoms with Crippen LogP contribution in [-0.2, 0) is 0 Å². The first-order valence-electron chi connectivity index (χ1n) is 5.01. The standard InChI is InChI=1S/C12H17N.ClH/c1-8-3-4-10(9(2)7-8)11-5-6-12(11)13;/h3-4,7,11-12H,5-6,13H2,1-2H3;1H. The first-order valence-corrected chi connectivity index (χ1v) is 5.01. The van der Waals surface area contributed by atoms with Crippen LogP contribution >= 0.6 is 12.4 Å². The Morgan fingerprint density at radius 2 is 1.93 bits per heavy atom. The fraction of sp³-hybridized carbons (Fsp3) is 0.500. The van der Waals surface area contributed by atoms with E-state index in [2.05, 4.69) is 32.0 Å². The van der Waals surface area contributed by atoms with Gasteiger partial charge in [0.05, 0.1) is 0 Å². The van der Waals surface area contributed by atoms with Crippen LogP contribution in [0.1, 0.15) is 35.4 Å². The second-order valence-corrected chi connectivity index (χ2v) is 4.21. The summed E-state index contributed by atoms with van der Waals surface area (Å²) in [6.07, 6.45) is 2.46. The molecule has 1 fully saturated rings. The molecule has 78 valence electrons. The highest BCUT2D eigenvalue weighted by atomic mass is 35.5. The fourth-order valence-corrected chi connectivity index (χ4v) is 2.15. The van der Waals surface area contributed by atoms with E-state index in [0.717, 1.165) is 0 Å². The Morgan fingerprint density at radius 1 is 1.21 bits per heavy atom. The van der Waals surface area contributed by atoms with Crippen LogP contribution in [0, 0.1) is 13.8 Å². The van der Waals surface area contributed by atoms with Crippen molar-refractivity contribution in [3.63, 3.8) is 0 Å². The average molecular weight is 212 g/mol.